The van der Waals surface area contributed by atoms with Crippen LogP contribution >= 0.6 is 27.3 Å². The minimum atomic E-state index is 0.264. The molecular weight excluding hydrogens is 338 g/mol. The Labute approximate surface area is 132 Å². The minimum absolute atomic E-state index is 0.264. The van der Waals surface area contributed by atoms with Crippen molar-refractivity contribution in [3.8, 4) is 5.75 Å². The summed E-state index contributed by atoms with van der Waals surface area (Å²) < 4.78 is 11.7. The van der Waals surface area contributed by atoms with Gasteiger partial charge < -0.3 is 14.8 Å². The number of hydrogen-bond donors (Lipinski definition) is 1. The van der Waals surface area contributed by atoms with Gasteiger partial charge in [0.05, 0.1) is 16.4 Å². The first-order valence-corrected chi connectivity index (χ1v) is 8.03. The van der Waals surface area contributed by atoms with Gasteiger partial charge >= 0.3 is 0 Å². The van der Waals surface area contributed by atoms with Crippen molar-refractivity contribution in [1.29, 1.82) is 0 Å². The highest BCUT2D eigenvalue weighted by Crippen LogP contribution is 2.30. The zero-order valence-electron chi connectivity index (χ0n) is 11.6. The molecule has 0 bridgehead atoms. The van der Waals surface area contributed by atoms with Gasteiger partial charge in [-0.05, 0) is 47.1 Å². The van der Waals surface area contributed by atoms with Crippen molar-refractivity contribution in [2.24, 2.45) is 0 Å². The first-order valence-electron chi connectivity index (χ1n) is 6.42. The van der Waals surface area contributed by atoms with Crippen molar-refractivity contribution in [3.05, 3.63) is 45.1 Å². The van der Waals surface area contributed by atoms with Crippen LogP contribution < -0.4 is 10.1 Å². The van der Waals surface area contributed by atoms with Crippen molar-refractivity contribution >= 4 is 33.0 Å². The van der Waals surface area contributed by atoms with E-state index in [-0.39, 0.29) is 6.04 Å². The molecule has 1 N–H and O–H groups in total. The van der Waals surface area contributed by atoms with E-state index in [1.165, 1.54) is 4.88 Å². The third-order valence-electron chi connectivity index (χ3n) is 2.79. The zero-order chi connectivity index (χ0) is 14.4. The summed E-state index contributed by atoms with van der Waals surface area (Å²) in [6.07, 6.45) is 0. The monoisotopic (exact) mass is 355 g/mol. The molecule has 2 aromatic rings. The molecule has 0 saturated heterocycles. The van der Waals surface area contributed by atoms with Crippen LogP contribution in [-0.4, -0.2) is 20.3 Å². The van der Waals surface area contributed by atoms with E-state index >= 15 is 0 Å². The fraction of sp³-hybridized carbons (Fsp3) is 0.333. The van der Waals surface area contributed by atoms with Crippen LogP contribution in [0.5, 0.6) is 5.75 Å². The lowest BCUT2D eigenvalue weighted by atomic mass is 10.2. The molecule has 0 spiro atoms. The summed E-state index contributed by atoms with van der Waals surface area (Å²) in [6, 6.07) is 12.5. The van der Waals surface area contributed by atoms with Crippen molar-refractivity contribution in [2.45, 2.75) is 13.0 Å². The highest BCUT2D eigenvalue weighted by molar-refractivity contribution is 9.11. The SMILES string of the molecule is COCCOc1cccc(NC(C)c2ccc(Br)s2)c1. The molecule has 0 fully saturated rings. The van der Waals surface area contributed by atoms with Gasteiger partial charge in [-0.2, -0.15) is 0 Å². The molecule has 1 heterocycles. The summed E-state index contributed by atoms with van der Waals surface area (Å²) in [5.74, 6) is 0.853. The van der Waals surface area contributed by atoms with Gasteiger partial charge in [-0.25, -0.2) is 0 Å². The number of thiophene rings is 1. The Morgan fingerprint density at radius 3 is 2.80 bits per heavy atom. The Bertz CT molecular complexity index is 544. The smallest absolute Gasteiger partial charge is 0.121 e. The van der Waals surface area contributed by atoms with Crippen LogP contribution in [0.1, 0.15) is 17.8 Å². The average molecular weight is 356 g/mol. The molecule has 5 heteroatoms. The van der Waals surface area contributed by atoms with E-state index in [9.17, 15) is 0 Å². The Morgan fingerprint density at radius 1 is 1.25 bits per heavy atom. The van der Waals surface area contributed by atoms with E-state index in [1.807, 2.05) is 24.3 Å². The van der Waals surface area contributed by atoms with Gasteiger partial charge in [0.1, 0.15) is 12.4 Å². The second-order valence-electron chi connectivity index (χ2n) is 4.38. The number of anilines is 1. The summed E-state index contributed by atoms with van der Waals surface area (Å²) in [5, 5.41) is 3.48. The summed E-state index contributed by atoms with van der Waals surface area (Å²) in [6.45, 7) is 3.31. The van der Waals surface area contributed by atoms with Crippen molar-refractivity contribution < 1.29 is 9.47 Å². The molecule has 0 aliphatic carbocycles. The molecule has 0 aliphatic heterocycles. The molecule has 3 nitrogen and oxygen atoms in total. The average Bonchev–Trinajstić information content (AvgIpc) is 2.86. The Morgan fingerprint density at radius 2 is 2.10 bits per heavy atom. The maximum Gasteiger partial charge on any atom is 0.121 e. The topological polar surface area (TPSA) is 30.5 Å². The Kier molecular flexibility index (Phi) is 5.88. The molecule has 108 valence electrons. The second-order valence-corrected chi connectivity index (χ2v) is 6.87. The third kappa shape index (κ3) is 4.51. The largest absolute Gasteiger partial charge is 0.491 e. The summed E-state index contributed by atoms with van der Waals surface area (Å²) >= 11 is 5.23. The summed E-state index contributed by atoms with van der Waals surface area (Å²) in [4.78, 5) is 1.29. The molecule has 1 aromatic heterocycles. The van der Waals surface area contributed by atoms with Crippen LogP contribution in [-0.2, 0) is 4.74 Å². The van der Waals surface area contributed by atoms with Crippen LogP contribution in [0.25, 0.3) is 0 Å². The van der Waals surface area contributed by atoms with Crippen molar-refractivity contribution in [3.63, 3.8) is 0 Å². The van der Waals surface area contributed by atoms with Gasteiger partial charge in [-0.1, -0.05) is 6.07 Å². The molecule has 20 heavy (non-hydrogen) atoms. The van der Waals surface area contributed by atoms with Crippen molar-refractivity contribution in [1.82, 2.24) is 0 Å². The van der Waals surface area contributed by atoms with Gasteiger partial charge in [-0.3, -0.25) is 0 Å². The lowest BCUT2D eigenvalue weighted by Gasteiger charge is -2.14. The molecule has 0 saturated carbocycles. The van der Waals surface area contributed by atoms with E-state index < -0.39 is 0 Å². The highest BCUT2D eigenvalue weighted by Gasteiger charge is 2.08. The molecule has 1 atom stereocenters. The van der Waals surface area contributed by atoms with E-state index in [2.05, 4.69) is 40.3 Å². The van der Waals surface area contributed by atoms with Crippen LogP contribution in [0.15, 0.2) is 40.2 Å². The lowest BCUT2D eigenvalue weighted by Crippen LogP contribution is -2.06. The van der Waals surface area contributed by atoms with Gasteiger partial charge in [0.25, 0.3) is 0 Å². The van der Waals surface area contributed by atoms with Gasteiger partial charge in [0.2, 0.25) is 0 Å². The molecule has 0 aliphatic rings. The number of methoxy groups -OCH3 is 1. The number of benzene rings is 1. The summed E-state index contributed by atoms with van der Waals surface area (Å²) in [7, 11) is 1.67. The molecule has 1 aromatic carbocycles. The van der Waals surface area contributed by atoms with Crippen LogP contribution in [0.2, 0.25) is 0 Å². The van der Waals surface area contributed by atoms with E-state index in [1.54, 1.807) is 18.4 Å². The summed E-state index contributed by atoms with van der Waals surface area (Å²) in [5.41, 5.74) is 1.05. The van der Waals surface area contributed by atoms with Crippen molar-refractivity contribution in [2.75, 3.05) is 25.6 Å². The van der Waals surface area contributed by atoms with Gasteiger partial charge in [0, 0.05) is 23.7 Å². The molecule has 1 unspecified atom stereocenters. The zero-order valence-corrected chi connectivity index (χ0v) is 14.0. The number of rotatable bonds is 7. The van der Waals surface area contributed by atoms with E-state index in [0.29, 0.717) is 13.2 Å². The quantitative estimate of drug-likeness (QED) is 0.729. The molecule has 2 rings (SSSR count). The first-order chi connectivity index (χ1) is 9.69. The van der Waals surface area contributed by atoms with E-state index in [4.69, 9.17) is 9.47 Å². The normalized spacial score (nSPS) is 12.2. The Hall–Kier alpha value is -1.04. The third-order valence-corrected chi connectivity index (χ3v) is 4.60. The van der Waals surface area contributed by atoms with Gasteiger partial charge in [-0.15, -0.1) is 11.3 Å². The molecular formula is C15H18BrNO2S. The second kappa shape index (κ2) is 7.67. The van der Waals surface area contributed by atoms with Crippen LogP contribution in [0, 0.1) is 0 Å². The maximum absolute atomic E-state index is 5.61. The predicted molar refractivity (Wildman–Crippen MR) is 87.9 cm³/mol. The number of hydrogen-bond acceptors (Lipinski definition) is 4. The Balaban J connectivity index is 1.96. The number of halogens is 1. The van der Waals surface area contributed by atoms with Gasteiger partial charge in [0.15, 0.2) is 0 Å². The fourth-order valence-electron chi connectivity index (χ4n) is 1.80. The van der Waals surface area contributed by atoms with Crippen LogP contribution in [0.3, 0.4) is 0 Å². The maximum atomic E-state index is 5.61. The lowest BCUT2D eigenvalue weighted by molar-refractivity contribution is 0.146. The van der Waals surface area contributed by atoms with E-state index in [0.717, 1.165) is 15.2 Å². The number of nitrogens with one attached hydrogen (secondary N) is 1. The van der Waals surface area contributed by atoms with Crippen LogP contribution in [0.4, 0.5) is 5.69 Å². The standard InChI is InChI=1S/C15H18BrNO2S/c1-11(14-6-7-15(16)20-14)17-12-4-3-5-13(10-12)19-9-8-18-2/h3-7,10-11,17H,8-9H2,1-2H3. The molecule has 0 amide bonds. The molecule has 0 radical (unpaired) electrons. The predicted octanol–water partition coefficient (Wildman–Crippen LogP) is 4.71. The minimum Gasteiger partial charge on any atom is -0.491 e. The fourth-order valence-corrected chi connectivity index (χ4v) is 3.23. The first kappa shape index (κ1) is 15.4. The highest BCUT2D eigenvalue weighted by atomic mass is 79.9. The number of ether oxygens (including phenoxy) is 2.